The number of amides is 3. The van der Waals surface area contributed by atoms with Gasteiger partial charge in [-0.05, 0) is 48.9 Å². The van der Waals surface area contributed by atoms with Crippen molar-refractivity contribution in [3.63, 3.8) is 0 Å². The highest BCUT2D eigenvalue weighted by molar-refractivity contribution is 5.95. The molecule has 0 aliphatic rings. The third-order valence-corrected chi connectivity index (χ3v) is 3.64. The molecule has 0 aromatic heterocycles. The van der Waals surface area contributed by atoms with Gasteiger partial charge < -0.3 is 4.90 Å². The van der Waals surface area contributed by atoms with Crippen molar-refractivity contribution >= 4 is 11.9 Å². The number of urea groups is 1. The molecular weight excluding hydrogens is 316 g/mol. The summed E-state index contributed by atoms with van der Waals surface area (Å²) in [7, 11) is 1.55. The summed E-state index contributed by atoms with van der Waals surface area (Å²) in [5, 5.41) is 0. The average molecular weight is 333 g/mol. The van der Waals surface area contributed by atoms with Crippen LogP contribution in [0.15, 0.2) is 48.5 Å². The maximum Gasteiger partial charge on any atom is 0.336 e. The number of nitrogens with one attached hydrogen (secondary N) is 2. The standard InChI is InChI=1S/C17H17F2N3O2/c1-11(12-3-7-14(18)8-4-12)22(2)17(24)21-20-16(23)13-5-9-15(19)10-6-13/h3-11H,1-2H3,(H,20,23)(H,21,24). The lowest BCUT2D eigenvalue weighted by molar-refractivity contribution is 0.0929. The second-order valence-electron chi connectivity index (χ2n) is 5.23. The Kier molecular flexibility index (Phi) is 5.47. The van der Waals surface area contributed by atoms with Gasteiger partial charge in [-0.25, -0.2) is 19.0 Å². The molecule has 7 heteroatoms. The van der Waals surface area contributed by atoms with Crippen molar-refractivity contribution in [1.29, 1.82) is 0 Å². The van der Waals surface area contributed by atoms with E-state index in [1.807, 2.05) is 0 Å². The highest BCUT2D eigenvalue weighted by Crippen LogP contribution is 2.18. The van der Waals surface area contributed by atoms with Crippen LogP contribution in [0.4, 0.5) is 13.6 Å². The number of halogens is 2. The Labute approximate surface area is 138 Å². The fourth-order valence-electron chi connectivity index (χ4n) is 2.01. The van der Waals surface area contributed by atoms with Gasteiger partial charge in [-0.1, -0.05) is 12.1 Å². The summed E-state index contributed by atoms with van der Waals surface area (Å²) in [4.78, 5) is 25.3. The maximum atomic E-state index is 12.9. The molecule has 1 atom stereocenters. The van der Waals surface area contributed by atoms with Gasteiger partial charge in [0.1, 0.15) is 11.6 Å². The molecule has 2 aromatic carbocycles. The van der Waals surface area contributed by atoms with E-state index in [9.17, 15) is 18.4 Å². The van der Waals surface area contributed by atoms with Crippen molar-refractivity contribution in [3.8, 4) is 0 Å². The molecule has 0 heterocycles. The molecular formula is C17H17F2N3O2. The average Bonchev–Trinajstić information content (AvgIpc) is 2.59. The van der Waals surface area contributed by atoms with Crippen LogP contribution in [0.5, 0.6) is 0 Å². The van der Waals surface area contributed by atoms with E-state index in [0.29, 0.717) is 0 Å². The van der Waals surface area contributed by atoms with Crippen molar-refractivity contribution in [2.75, 3.05) is 7.05 Å². The summed E-state index contributed by atoms with van der Waals surface area (Å²) < 4.78 is 25.8. The SMILES string of the molecule is CC(c1ccc(F)cc1)N(C)C(=O)NNC(=O)c1ccc(F)cc1. The van der Waals surface area contributed by atoms with Gasteiger partial charge in [-0.15, -0.1) is 0 Å². The number of nitrogens with zero attached hydrogens (tertiary/aromatic N) is 1. The Morgan fingerprint density at radius 3 is 1.96 bits per heavy atom. The summed E-state index contributed by atoms with van der Waals surface area (Å²) in [5.41, 5.74) is 5.49. The molecule has 2 rings (SSSR count). The van der Waals surface area contributed by atoms with Crippen LogP contribution in [0.3, 0.4) is 0 Å². The van der Waals surface area contributed by atoms with Crippen LogP contribution < -0.4 is 10.9 Å². The molecule has 126 valence electrons. The van der Waals surface area contributed by atoms with Crippen LogP contribution in [0.1, 0.15) is 28.9 Å². The summed E-state index contributed by atoms with van der Waals surface area (Å²) in [6.07, 6.45) is 0. The fraction of sp³-hybridized carbons (Fsp3) is 0.176. The number of carbonyl (C=O) groups is 2. The van der Waals surface area contributed by atoms with Crippen molar-refractivity contribution in [2.24, 2.45) is 0 Å². The van der Waals surface area contributed by atoms with Crippen LogP contribution in [0, 0.1) is 11.6 Å². The van der Waals surface area contributed by atoms with Gasteiger partial charge in [0.2, 0.25) is 0 Å². The van der Waals surface area contributed by atoms with Crippen molar-refractivity contribution < 1.29 is 18.4 Å². The zero-order valence-electron chi connectivity index (χ0n) is 13.2. The smallest absolute Gasteiger partial charge is 0.320 e. The van der Waals surface area contributed by atoms with Crippen LogP contribution >= 0.6 is 0 Å². The topological polar surface area (TPSA) is 61.4 Å². The van der Waals surface area contributed by atoms with Gasteiger partial charge in [-0.3, -0.25) is 10.2 Å². The second kappa shape index (κ2) is 7.54. The summed E-state index contributed by atoms with van der Waals surface area (Å²) in [6.45, 7) is 1.77. The molecule has 1 unspecified atom stereocenters. The van der Waals surface area contributed by atoms with Gasteiger partial charge in [0.05, 0.1) is 6.04 Å². The van der Waals surface area contributed by atoms with Crippen molar-refractivity contribution in [3.05, 3.63) is 71.3 Å². The van der Waals surface area contributed by atoms with Crippen LogP contribution in [0.25, 0.3) is 0 Å². The van der Waals surface area contributed by atoms with E-state index in [2.05, 4.69) is 10.9 Å². The predicted molar refractivity (Wildman–Crippen MR) is 85.0 cm³/mol. The zero-order chi connectivity index (χ0) is 17.7. The summed E-state index contributed by atoms with van der Waals surface area (Å²) in [6, 6.07) is 9.85. The number of rotatable bonds is 3. The molecule has 2 aromatic rings. The lowest BCUT2D eigenvalue weighted by Crippen LogP contribution is -2.48. The van der Waals surface area contributed by atoms with Gasteiger partial charge >= 0.3 is 6.03 Å². The van der Waals surface area contributed by atoms with E-state index >= 15 is 0 Å². The van der Waals surface area contributed by atoms with Crippen molar-refractivity contribution in [2.45, 2.75) is 13.0 Å². The van der Waals surface area contributed by atoms with Crippen molar-refractivity contribution in [1.82, 2.24) is 15.8 Å². The molecule has 0 aliphatic carbocycles. The first-order valence-corrected chi connectivity index (χ1v) is 7.22. The third-order valence-electron chi connectivity index (χ3n) is 3.64. The normalized spacial score (nSPS) is 11.5. The molecule has 0 radical (unpaired) electrons. The van der Waals surface area contributed by atoms with E-state index in [0.717, 1.165) is 17.7 Å². The van der Waals surface area contributed by atoms with E-state index in [4.69, 9.17) is 0 Å². The largest absolute Gasteiger partial charge is 0.336 e. The Morgan fingerprint density at radius 2 is 1.42 bits per heavy atom. The first kappa shape index (κ1) is 17.4. The lowest BCUT2D eigenvalue weighted by Gasteiger charge is -2.25. The van der Waals surface area contributed by atoms with E-state index in [1.54, 1.807) is 26.1 Å². The van der Waals surface area contributed by atoms with E-state index in [1.165, 1.54) is 29.2 Å². The van der Waals surface area contributed by atoms with Crippen LogP contribution in [-0.4, -0.2) is 23.9 Å². The van der Waals surface area contributed by atoms with Crippen LogP contribution in [-0.2, 0) is 0 Å². The van der Waals surface area contributed by atoms with Gasteiger partial charge in [0.25, 0.3) is 5.91 Å². The minimum atomic E-state index is -0.564. The van der Waals surface area contributed by atoms with Crippen LogP contribution in [0.2, 0.25) is 0 Å². The monoisotopic (exact) mass is 333 g/mol. The zero-order valence-corrected chi connectivity index (χ0v) is 13.2. The lowest BCUT2D eigenvalue weighted by atomic mass is 10.1. The molecule has 0 fully saturated rings. The molecule has 2 N–H and O–H groups in total. The van der Waals surface area contributed by atoms with Gasteiger partial charge in [-0.2, -0.15) is 0 Å². The number of carbonyl (C=O) groups excluding carboxylic acids is 2. The Bertz CT molecular complexity index is 718. The molecule has 0 bridgehead atoms. The third kappa shape index (κ3) is 4.28. The molecule has 24 heavy (non-hydrogen) atoms. The molecule has 0 saturated heterocycles. The number of hydrazine groups is 1. The quantitative estimate of drug-likeness (QED) is 0.848. The summed E-state index contributed by atoms with van der Waals surface area (Å²) >= 11 is 0. The molecule has 5 nitrogen and oxygen atoms in total. The van der Waals surface area contributed by atoms with Gasteiger partial charge in [0, 0.05) is 12.6 Å². The predicted octanol–water partition coefficient (Wildman–Crippen LogP) is 3.01. The van der Waals surface area contributed by atoms with E-state index in [-0.39, 0.29) is 17.4 Å². The Balaban J connectivity index is 1.92. The highest BCUT2D eigenvalue weighted by atomic mass is 19.1. The molecule has 0 aliphatic heterocycles. The Morgan fingerprint density at radius 1 is 0.917 bits per heavy atom. The molecule has 3 amide bonds. The maximum absolute atomic E-state index is 12.9. The number of hydrogen-bond acceptors (Lipinski definition) is 2. The minimum Gasteiger partial charge on any atom is -0.320 e. The fourth-order valence-corrected chi connectivity index (χ4v) is 2.01. The van der Waals surface area contributed by atoms with Gasteiger partial charge in [0.15, 0.2) is 0 Å². The number of benzene rings is 2. The first-order chi connectivity index (χ1) is 11.4. The number of hydrogen-bond donors (Lipinski definition) is 2. The van der Waals surface area contributed by atoms with E-state index < -0.39 is 17.8 Å². The Hall–Kier alpha value is -2.96. The molecule has 0 spiro atoms. The first-order valence-electron chi connectivity index (χ1n) is 7.22. The molecule has 0 saturated carbocycles. The minimum absolute atomic E-state index is 0.214. The highest BCUT2D eigenvalue weighted by Gasteiger charge is 2.18. The second-order valence-corrected chi connectivity index (χ2v) is 5.23. The summed E-state index contributed by atoms with van der Waals surface area (Å²) in [5.74, 6) is -1.38.